The molecular formula is C31H62O6. The smallest absolute Gasteiger partial charge is 0.305 e. The average molecular weight is 531 g/mol. The standard InChI is InChI=1S/C31H62O6/c1-3-5-7-9-11-13-14-16-18-22-33-25-27-35-29-30-36-28-26-34-23-20-21-31(32)37-24-19-17-15-12-10-8-6-4-2/h3-30H2,1-2H3. The molecule has 0 fully saturated rings. The summed E-state index contributed by atoms with van der Waals surface area (Å²) in [5.41, 5.74) is 0. The lowest BCUT2D eigenvalue weighted by atomic mass is 10.1. The van der Waals surface area contributed by atoms with Crippen molar-refractivity contribution in [3.05, 3.63) is 0 Å². The molecule has 0 atom stereocenters. The van der Waals surface area contributed by atoms with Gasteiger partial charge in [-0.25, -0.2) is 0 Å². The van der Waals surface area contributed by atoms with Gasteiger partial charge in [-0.2, -0.15) is 0 Å². The lowest BCUT2D eigenvalue weighted by Crippen LogP contribution is -2.12. The Balaban J connectivity index is 3.11. The second-order valence-electron chi connectivity index (χ2n) is 10.1. The first kappa shape index (κ1) is 36.3. The summed E-state index contributed by atoms with van der Waals surface area (Å²) in [7, 11) is 0. The molecular weight excluding hydrogens is 468 g/mol. The van der Waals surface area contributed by atoms with Crippen LogP contribution in [0, 0.1) is 0 Å². The normalized spacial score (nSPS) is 11.3. The summed E-state index contributed by atoms with van der Waals surface area (Å²) in [6.07, 6.45) is 23.1. The zero-order chi connectivity index (χ0) is 26.9. The van der Waals surface area contributed by atoms with Crippen molar-refractivity contribution in [2.45, 2.75) is 136 Å². The molecule has 0 heterocycles. The van der Waals surface area contributed by atoms with Crippen molar-refractivity contribution >= 4 is 5.97 Å². The zero-order valence-electron chi connectivity index (χ0n) is 24.7. The van der Waals surface area contributed by atoms with Crippen molar-refractivity contribution in [1.29, 1.82) is 0 Å². The van der Waals surface area contributed by atoms with Gasteiger partial charge in [0.15, 0.2) is 0 Å². The lowest BCUT2D eigenvalue weighted by Gasteiger charge is -2.08. The maximum absolute atomic E-state index is 11.7. The van der Waals surface area contributed by atoms with Crippen molar-refractivity contribution in [1.82, 2.24) is 0 Å². The molecule has 0 aliphatic rings. The van der Waals surface area contributed by atoms with E-state index in [4.69, 9.17) is 23.7 Å². The summed E-state index contributed by atoms with van der Waals surface area (Å²) in [5.74, 6) is -0.114. The molecule has 0 bridgehead atoms. The Morgan fingerprint density at radius 2 is 0.703 bits per heavy atom. The van der Waals surface area contributed by atoms with Gasteiger partial charge in [0.2, 0.25) is 0 Å². The predicted molar refractivity (Wildman–Crippen MR) is 153 cm³/mol. The van der Waals surface area contributed by atoms with Crippen LogP contribution < -0.4 is 0 Å². The maximum atomic E-state index is 11.7. The number of hydrogen-bond acceptors (Lipinski definition) is 6. The van der Waals surface area contributed by atoms with Crippen molar-refractivity contribution < 1.29 is 28.5 Å². The Hall–Kier alpha value is -0.690. The monoisotopic (exact) mass is 530 g/mol. The van der Waals surface area contributed by atoms with Crippen LogP contribution in [0.5, 0.6) is 0 Å². The van der Waals surface area contributed by atoms with Crippen molar-refractivity contribution in [3.8, 4) is 0 Å². The van der Waals surface area contributed by atoms with Crippen molar-refractivity contribution in [3.63, 3.8) is 0 Å². The van der Waals surface area contributed by atoms with Crippen LogP contribution in [0.4, 0.5) is 0 Å². The summed E-state index contributed by atoms with van der Waals surface area (Å²) in [4.78, 5) is 11.7. The fourth-order valence-electron chi connectivity index (χ4n) is 4.09. The molecule has 0 unspecified atom stereocenters. The molecule has 222 valence electrons. The minimum Gasteiger partial charge on any atom is -0.466 e. The number of esters is 1. The van der Waals surface area contributed by atoms with E-state index in [1.807, 2.05) is 0 Å². The summed E-state index contributed by atoms with van der Waals surface area (Å²) in [6, 6.07) is 0. The third kappa shape index (κ3) is 33.3. The van der Waals surface area contributed by atoms with Gasteiger partial charge in [-0.05, 0) is 19.3 Å². The first-order chi connectivity index (χ1) is 18.3. The fraction of sp³-hybridized carbons (Fsp3) is 0.968. The second-order valence-corrected chi connectivity index (χ2v) is 10.1. The van der Waals surface area contributed by atoms with E-state index < -0.39 is 0 Å². The average Bonchev–Trinajstić information content (AvgIpc) is 2.90. The molecule has 0 N–H and O–H groups in total. The van der Waals surface area contributed by atoms with Gasteiger partial charge in [-0.15, -0.1) is 0 Å². The number of rotatable bonds is 32. The maximum Gasteiger partial charge on any atom is 0.305 e. The number of hydrogen-bond donors (Lipinski definition) is 0. The summed E-state index contributed by atoms with van der Waals surface area (Å²) < 4.78 is 27.5. The van der Waals surface area contributed by atoms with E-state index in [-0.39, 0.29) is 5.97 Å². The van der Waals surface area contributed by atoms with Crippen LogP contribution in [0.3, 0.4) is 0 Å². The van der Waals surface area contributed by atoms with Crippen LogP contribution in [0.25, 0.3) is 0 Å². The Labute approximate surface area is 229 Å². The molecule has 37 heavy (non-hydrogen) atoms. The number of ether oxygens (including phenoxy) is 5. The molecule has 0 amide bonds. The number of carbonyl (C=O) groups excluding carboxylic acids is 1. The Bertz CT molecular complexity index is 432. The Morgan fingerprint density at radius 3 is 1.14 bits per heavy atom. The molecule has 0 radical (unpaired) electrons. The fourth-order valence-corrected chi connectivity index (χ4v) is 4.09. The quantitative estimate of drug-likeness (QED) is 0.0647. The predicted octanol–water partition coefficient (Wildman–Crippen LogP) is 8.05. The first-order valence-electron chi connectivity index (χ1n) is 15.8. The SMILES string of the molecule is CCCCCCCCCCCOCCOCCOCCOCCCC(=O)OCCCCCCCCCC. The van der Waals surface area contributed by atoms with Crippen LogP contribution >= 0.6 is 0 Å². The van der Waals surface area contributed by atoms with Gasteiger partial charge in [-0.3, -0.25) is 4.79 Å². The van der Waals surface area contributed by atoms with E-state index in [1.54, 1.807) is 0 Å². The molecule has 6 nitrogen and oxygen atoms in total. The van der Waals surface area contributed by atoms with Gasteiger partial charge >= 0.3 is 5.97 Å². The zero-order valence-corrected chi connectivity index (χ0v) is 24.7. The summed E-state index contributed by atoms with van der Waals surface area (Å²) >= 11 is 0. The lowest BCUT2D eigenvalue weighted by molar-refractivity contribution is -0.144. The Morgan fingerprint density at radius 1 is 0.378 bits per heavy atom. The molecule has 0 spiro atoms. The van der Waals surface area contributed by atoms with Gasteiger partial charge in [0, 0.05) is 19.6 Å². The third-order valence-corrected chi connectivity index (χ3v) is 6.44. The topological polar surface area (TPSA) is 63.2 Å². The van der Waals surface area contributed by atoms with Crippen LogP contribution in [-0.4, -0.2) is 65.4 Å². The van der Waals surface area contributed by atoms with Crippen LogP contribution in [-0.2, 0) is 28.5 Å². The molecule has 6 heteroatoms. The summed E-state index contributed by atoms with van der Waals surface area (Å²) in [5, 5.41) is 0. The minimum atomic E-state index is -0.114. The number of unbranched alkanes of at least 4 members (excludes halogenated alkanes) is 15. The third-order valence-electron chi connectivity index (χ3n) is 6.44. The molecule has 0 rings (SSSR count). The second kappa shape index (κ2) is 33.3. The van der Waals surface area contributed by atoms with Gasteiger partial charge in [0.25, 0.3) is 0 Å². The highest BCUT2D eigenvalue weighted by molar-refractivity contribution is 5.69. The minimum absolute atomic E-state index is 0.114. The van der Waals surface area contributed by atoms with Gasteiger partial charge < -0.3 is 23.7 Å². The van der Waals surface area contributed by atoms with Crippen LogP contribution in [0.1, 0.15) is 136 Å². The Kier molecular flexibility index (Phi) is 32.7. The van der Waals surface area contributed by atoms with E-state index in [9.17, 15) is 4.79 Å². The van der Waals surface area contributed by atoms with E-state index in [2.05, 4.69) is 13.8 Å². The van der Waals surface area contributed by atoms with E-state index >= 15 is 0 Å². The molecule has 0 aromatic carbocycles. The highest BCUT2D eigenvalue weighted by Gasteiger charge is 2.03. The van der Waals surface area contributed by atoms with Crippen molar-refractivity contribution in [2.75, 3.05) is 59.5 Å². The largest absolute Gasteiger partial charge is 0.466 e. The van der Waals surface area contributed by atoms with Gasteiger partial charge in [0.1, 0.15) is 0 Å². The highest BCUT2D eigenvalue weighted by atomic mass is 16.6. The van der Waals surface area contributed by atoms with Crippen LogP contribution in [0.15, 0.2) is 0 Å². The molecule has 0 aliphatic carbocycles. The molecule has 0 aromatic heterocycles. The van der Waals surface area contributed by atoms with E-state index in [1.165, 1.54) is 89.9 Å². The molecule has 0 aromatic rings. The molecule has 0 saturated heterocycles. The van der Waals surface area contributed by atoms with E-state index in [0.717, 1.165) is 25.9 Å². The molecule has 0 saturated carbocycles. The van der Waals surface area contributed by atoms with Crippen LogP contribution in [0.2, 0.25) is 0 Å². The first-order valence-corrected chi connectivity index (χ1v) is 15.8. The van der Waals surface area contributed by atoms with Gasteiger partial charge in [0.05, 0.1) is 46.2 Å². The molecule has 0 aliphatic heterocycles. The van der Waals surface area contributed by atoms with Crippen molar-refractivity contribution in [2.24, 2.45) is 0 Å². The van der Waals surface area contributed by atoms with E-state index in [0.29, 0.717) is 65.7 Å². The highest BCUT2D eigenvalue weighted by Crippen LogP contribution is 2.10. The summed E-state index contributed by atoms with van der Waals surface area (Å²) in [6.45, 7) is 9.94. The van der Waals surface area contributed by atoms with Gasteiger partial charge in [-0.1, -0.05) is 110 Å². The number of carbonyl (C=O) groups is 1.